The summed E-state index contributed by atoms with van der Waals surface area (Å²) in [6.07, 6.45) is 5.26. The van der Waals surface area contributed by atoms with Gasteiger partial charge in [0.05, 0.1) is 17.5 Å². The Morgan fingerprint density at radius 2 is 1.91 bits per heavy atom. The van der Waals surface area contributed by atoms with E-state index in [2.05, 4.69) is 5.10 Å². The average Bonchev–Trinajstić information content (AvgIpc) is 3.15. The third kappa shape index (κ3) is 3.41. The molecular formula is C15H23N3O4S. The number of hydrazone groups is 1. The van der Waals surface area contributed by atoms with E-state index in [0.29, 0.717) is 18.6 Å². The van der Waals surface area contributed by atoms with Crippen molar-refractivity contribution in [2.45, 2.75) is 57.0 Å². The lowest BCUT2D eigenvalue weighted by Gasteiger charge is -2.30. The van der Waals surface area contributed by atoms with E-state index < -0.39 is 15.9 Å². The average molecular weight is 341 g/mol. The largest absolute Gasteiger partial charge is 0.338 e. The van der Waals surface area contributed by atoms with Crippen molar-refractivity contribution in [2.24, 2.45) is 5.10 Å². The summed E-state index contributed by atoms with van der Waals surface area (Å²) in [7, 11) is -1.30. The highest BCUT2D eigenvalue weighted by Gasteiger charge is 2.38. The highest BCUT2D eigenvalue weighted by molar-refractivity contribution is 7.91. The minimum atomic E-state index is -3.09. The smallest absolute Gasteiger partial charge is 0.270 e. The number of nitrogens with zero attached hydrogens (tertiary/aromatic N) is 3. The molecule has 0 aromatic rings. The third-order valence-electron chi connectivity index (χ3n) is 5.05. The quantitative estimate of drug-likeness (QED) is 0.750. The zero-order valence-electron chi connectivity index (χ0n) is 13.4. The van der Waals surface area contributed by atoms with E-state index in [4.69, 9.17) is 0 Å². The first-order valence-corrected chi connectivity index (χ1v) is 10.1. The summed E-state index contributed by atoms with van der Waals surface area (Å²) in [6.45, 7) is 0. The zero-order chi connectivity index (χ0) is 16.6. The Labute approximate surface area is 136 Å². The van der Waals surface area contributed by atoms with Gasteiger partial charge in [0.2, 0.25) is 5.91 Å². The molecule has 2 fully saturated rings. The predicted octanol–water partition coefficient (Wildman–Crippen LogP) is 0.553. The van der Waals surface area contributed by atoms with E-state index >= 15 is 0 Å². The molecule has 1 aliphatic carbocycles. The first kappa shape index (κ1) is 16.4. The Morgan fingerprint density at radius 1 is 1.22 bits per heavy atom. The molecule has 2 aliphatic heterocycles. The molecule has 1 saturated carbocycles. The lowest BCUT2D eigenvalue weighted by molar-refractivity contribution is -0.134. The van der Waals surface area contributed by atoms with Gasteiger partial charge in [-0.05, 0) is 19.3 Å². The molecular weight excluding hydrogens is 318 g/mol. The summed E-state index contributed by atoms with van der Waals surface area (Å²) in [5.74, 6) is -0.285. The van der Waals surface area contributed by atoms with Gasteiger partial charge in [0.25, 0.3) is 5.91 Å². The molecule has 1 atom stereocenters. The Bertz CT molecular complexity index is 637. The molecule has 3 rings (SSSR count). The minimum absolute atomic E-state index is 0.0534. The van der Waals surface area contributed by atoms with Gasteiger partial charge >= 0.3 is 0 Å². The van der Waals surface area contributed by atoms with Crippen LogP contribution in [0.1, 0.15) is 44.9 Å². The second kappa shape index (κ2) is 6.22. The lowest BCUT2D eigenvalue weighted by atomic mass is 10.1. The molecule has 23 heavy (non-hydrogen) atoms. The Kier molecular flexibility index (Phi) is 4.44. The van der Waals surface area contributed by atoms with Crippen LogP contribution in [-0.4, -0.2) is 66.5 Å². The van der Waals surface area contributed by atoms with Crippen LogP contribution in [0.15, 0.2) is 5.10 Å². The van der Waals surface area contributed by atoms with Crippen molar-refractivity contribution in [3.63, 3.8) is 0 Å². The number of amides is 2. The first-order valence-electron chi connectivity index (χ1n) is 8.24. The molecule has 0 aromatic heterocycles. The highest BCUT2D eigenvalue weighted by atomic mass is 32.2. The lowest BCUT2D eigenvalue weighted by Crippen LogP contribution is -2.46. The predicted molar refractivity (Wildman–Crippen MR) is 85.6 cm³/mol. The van der Waals surface area contributed by atoms with Gasteiger partial charge in [-0.1, -0.05) is 12.8 Å². The van der Waals surface area contributed by atoms with Gasteiger partial charge in [-0.2, -0.15) is 5.10 Å². The Balaban J connectivity index is 1.75. The maximum absolute atomic E-state index is 12.6. The number of carbonyl (C=O) groups is 2. The van der Waals surface area contributed by atoms with Gasteiger partial charge in [-0.15, -0.1) is 0 Å². The molecule has 0 N–H and O–H groups in total. The van der Waals surface area contributed by atoms with E-state index in [1.807, 2.05) is 0 Å². The fraction of sp³-hybridized carbons (Fsp3) is 0.800. The number of rotatable bonds is 3. The zero-order valence-corrected chi connectivity index (χ0v) is 14.2. The molecule has 0 unspecified atom stereocenters. The van der Waals surface area contributed by atoms with Crippen LogP contribution in [-0.2, 0) is 19.4 Å². The van der Waals surface area contributed by atoms with Gasteiger partial charge in [0.15, 0.2) is 9.84 Å². The molecule has 2 heterocycles. The van der Waals surface area contributed by atoms with E-state index in [1.54, 1.807) is 11.9 Å². The molecule has 0 spiro atoms. The third-order valence-corrected chi connectivity index (χ3v) is 6.80. The van der Waals surface area contributed by atoms with Gasteiger partial charge in [-0.25, -0.2) is 13.4 Å². The summed E-state index contributed by atoms with van der Waals surface area (Å²) < 4.78 is 23.3. The second-order valence-electron chi connectivity index (χ2n) is 6.70. The SMILES string of the molecule is CN(C(=O)C1=NN([C@H]2CCS(=O)(=O)C2)C(=O)CC1)C1CCCC1. The van der Waals surface area contributed by atoms with Crippen LogP contribution in [0.25, 0.3) is 0 Å². The van der Waals surface area contributed by atoms with Crippen molar-refractivity contribution < 1.29 is 18.0 Å². The second-order valence-corrected chi connectivity index (χ2v) is 8.92. The number of carbonyl (C=O) groups excluding carboxylic acids is 2. The first-order chi connectivity index (χ1) is 10.9. The maximum Gasteiger partial charge on any atom is 0.270 e. The summed E-state index contributed by atoms with van der Waals surface area (Å²) >= 11 is 0. The molecule has 128 valence electrons. The van der Waals surface area contributed by atoms with Crippen LogP contribution in [0.5, 0.6) is 0 Å². The van der Waals surface area contributed by atoms with Crippen molar-refractivity contribution in [2.75, 3.05) is 18.6 Å². The standard InChI is InChI=1S/C15H23N3O4S/c1-17(11-4-2-3-5-11)15(20)13-6-7-14(19)18(16-13)12-8-9-23(21,22)10-12/h11-12H,2-10H2,1H3/t12-/m0/s1. The van der Waals surface area contributed by atoms with Crippen LogP contribution >= 0.6 is 0 Å². The minimum Gasteiger partial charge on any atom is -0.338 e. The van der Waals surface area contributed by atoms with Crippen LogP contribution in [0.4, 0.5) is 0 Å². The number of sulfone groups is 1. The van der Waals surface area contributed by atoms with Crippen molar-refractivity contribution in [3.8, 4) is 0 Å². The molecule has 3 aliphatic rings. The van der Waals surface area contributed by atoms with E-state index in [1.165, 1.54) is 5.01 Å². The van der Waals surface area contributed by atoms with Crippen molar-refractivity contribution in [1.29, 1.82) is 0 Å². The monoisotopic (exact) mass is 341 g/mol. The number of hydrogen-bond donors (Lipinski definition) is 0. The number of hydrogen-bond acceptors (Lipinski definition) is 5. The molecule has 0 bridgehead atoms. The van der Waals surface area contributed by atoms with Crippen LogP contribution in [0.2, 0.25) is 0 Å². The van der Waals surface area contributed by atoms with Gasteiger partial charge in [-0.3, -0.25) is 9.59 Å². The van der Waals surface area contributed by atoms with E-state index in [-0.39, 0.29) is 35.8 Å². The summed E-state index contributed by atoms with van der Waals surface area (Å²) in [5.41, 5.74) is 0.378. The topological polar surface area (TPSA) is 87.1 Å². The van der Waals surface area contributed by atoms with Crippen molar-refractivity contribution in [1.82, 2.24) is 9.91 Å². The van der Waals surface area contributed by atoms with Crippen LogP contribution < -0.4 is 0 Å². The molecule has 7 nitrogen and oxygen atoms in total. The normalized spacial score (nSPS) is 28.0. The maximum atomic E-state index is 12.6. The van der Waals surface area contributed by atoms with Crippen LogP contribution in [0.3, 0.4) is 0 Å². The van der Waals surface area contributed by atoms with Crippen molar-refractivity contribution in [3.05, 3.63) is 0 Å². The fourth-order valence-electron chi connectivity index (χ4n) is 3.64. The Morgan fingerprint density at radius 3 is 2.52 bits per heavy atom. The molecule has 2 amide bonds. The summed E-state index contributed by atoms with van der Waals surface area (Å²) in [4.78, 5) is 26.4. The summed E-state index contributed by atoms with van der Waals surface area (Å²) in [5, 5.41) is 5.50. The summed E-state index contributed by atoms with van der Waals surface area (Å²) in [6, 6.07) is -0.171. The van der Waals surface area contributed by atoms with Gasteiger partial charge < -0.3 is 4.90 Å². The molecule has 0 radical (unpaired) electrons. The highest BCUT2D eigenvalue weighted by Crippen LogP contribution is 2.25. The molecule has 1 saturated heterocycles. The van der Waals surface area contributed by atoms with Crippen molar-refractivity contribution >= 4 is 27.4 Å². The molecule has 0 aromatic carbocycles. The van der Waals surface area contributed by atoms with Crippen LogP contribution in [0, 0.1) is 0 Å². The van der Waals surface area contributed by atoms with E-state index in [0.717, 1.165) is 25.7 Å². The van der Waals surface area contributed by atoms with Gasteiger partial charge in [0, 0.05) is 25.9 Å². The van der Waals surface area contributed by atoms with Gasteiger partial charge in [0.1, 0.15) is 5.71 Å². The molecule has 8 heteroatoms. The fourth-order valence-corrected chi connectivity index (χ4v) is 5.33. The Hall–Kier alpha value is -1.44. The van der Waals surface area contributed by atoms with E-state index in [9.17, 15) is 18.0 Å².